The van der Waals surface area contributed by atoms with Crippen LogP contribution < -0.4 is 15.7 Å². The van der Waals surface area contributed by atoms with Crippen LogP contribution in [0.3, 0.4) is 0 Å². The van der Waals surface area contributed by atoms with Crippen LogP contribution in [-0.4, -0.2) is 21.6 Å². The van der Waals surface area contributed by atoms with Crippen LogP contribution in [0.15, 0.2) is 35.3 Å². The SMILES string of the molecule is COc1ccc(Nc2cc3c(cn2)[nH]c(=O)n3C2CCCC2)c(C(F)(F)F)c1. The minimum absolute atomic E-state index is 0.100. The number of nitrogens with zero attached hydrogens (tertiary/aromatic N) is 2. The van der Waals surface area contributed by atoms with E-state index in [-0.39, 0.29) is 29.0 Å². The molecule has 0 radical (unpaired) electrons. The first-order valence-corrected chi connectivity index (χ1v) is 8.99. The molecule has 2 heterocycles. The van der Waals surface area contributed by atoms with Gasteiger partial charge in [0.2, 0.25) is 0 Å². The Labute approximate surface area is 158 Å². The highest BCUT2D eigenvalue weighted by Crippen LogP contribution is 2.38. The summed E-state index contributed by atoms with van der Waals surface area (Å²) in [7, 11) is 1.31. The van der Waals surface area contributed by atoms with Crippen LogP contribution in [0.2, 0.25) is 0 Å². The zero-order chi connectivity index (χ0) is 19.9. The van der Waals surface area contributed by atoms with Crippen molar-refractivity contribution in [1.82, 2.24) is 14.5 Å². The number of benzene rings is 1. The van der Waals surface area contributed by atoms with E-state index >= 15 is 0 Å². The second-order valence-electron chi connectivity index (χ2n) is 6.86. The average molecular weight is 392 g/mol. The van der Waals surface area contributed by atoms with Crippen LogP contribution in [0, 0.1) is 0 Å². The van der Waals surface area contributed by atoms with E-state index in [2.05, 4.69) is 15.3 Å². The highest BCUT2D eigenvalue weighted by Gasteiger charge is 2.34. The van der Waals surface area contributed by atoms with Crippen molar-refractivity contribution in [2.24, 2.45) is 0 Å². The monoisotopic (exact) mass is 392 g/mol. The number of nitrogens with one attached hydrogen (secondary N) is 2. The van der Waals surface area contributed by atoms with Gasteiger partial charge < -0.3 is 15.0 Å². The maximum atomic E-state index is 13.4. The standard InChI is InChI=1S/C19H19F3N4O2/c1-28-12-6-7-14(13(8-12)19(20,21)22)24-17-9-16-15(10-23-17)25-18(27)26(16)11-4-2-3-5-11/h6-11H,2-5H2,1H3,(H,23,24)(H,25,27). The Morgan fingerprint density at radius 2 is 2.00 bits per heavy atom. The van der Waals surface area contributed by atoms with Gasteiger partial charge in [0.25, 0.3) is 0 Å². The van der Waals surface area contributed by atoms with Gasteiger partial charge in [0.05, 0.1) is 35.6 Å². The van der Waals surface area contributed by atoms with Crippen LogP contribution in [0.5, 0.6) is 5.75 Å². The van der Waals surface area contributed by atoms with E-state index < -0.39 is 11.7 Å². The lowest BCUT2D eigenvalue weighted by atomic mass is 10.1. The van der Waals surface area contributed by atoms with Crippen molar-refractivity contribution in [3.05, 3.63) is 46.5 Å². The fourth-order valence-corrected chi connectivity index (χ4v) is 3.75. The predicted octanol–water partition coefficient (Wildman–Crippen LogP) is 4.61. The molecule has 0 unspecified atom stereocenters. The molecule has 28 heavy (non-hydrogen) atoms. The molecule has 0 spiro atoms. The van der Waals surface area contributed by atoms with Crippen molar-refractivity contribution >= 4 is 22.5 Å². The molecule has 0 amide bonds. The summed E-state index contributed by atoms with van der Waals surface area (Å²) in [5, 5.41) is 2.73. The Morgan fingerprint density at radius 1 is 1.25 bits per heavy atom. The second-order valence-corrected chi connectivity index (χ2v) is 6.86. The molecule has 2 aromatic heterocycles. The molecule has 3 aromatic rings. The number of imidazole rings is 1. The highest BCUT2D eigenvalue weighted by molar-refractivity contribution is 5.79. The number of fused-ring (bicyclic) bond motifs is 1. The van der Waals surface area contributed by atoms with Gasteiger partial charge in [-0.05, 0) is 31.0 Å². The third kappa shape index (κ3) is 3.32. The summed E-state index contributed by atoms with van der Waals surface area (Å²) < 4.78 is 46.9. The largest absolute Gasteiger partial charge is 0.497 e. The Bertz CT molecular complexity index is 1070. The summed E-state index contributed by atoms with van der Waals surface area (Å²) >= 11 is 0. The van der Waals surface area contributed by atoms with Gasteiger partial charge in [-0.15, -0.1) is 0 Å². The molecule has 9 heteroatoms. The van der Waals surface area contributed by atoms with Gasteiger partial charge in [-0.2, -0.15) is 13.2 Å². The lowest BCUT2D eigenvalue weighted by Crippen LogP contribution is -2.20. The van der Waals surface area contributed by atoms with Gasteiger partial charge >= 0.3 is 11.9 Å². The molecule has 0 atom stereocenters. The summed E-state index contributed by atoms with van der Waals surface area (Å²) in [5.74, 6) is 0.343. The van der Waals surface area contributed by atoms with Crippen LogP contribution in [0.25, 0.3) is 11.0 Å². The number of rotatable bonds is 4. The van der Waals surface area contributed by atoms with Gasteiger partial charge in [0, 0.05) is 12.1 Å². The molecule has 1 saturated carbocycles. The molecular formula is C19H19F3N4O2. The molecule has 6 nitrogen and oxygen atoms in total. The number of ether oxygens (including phenoxy) is 1. The molecule has 2 N–H and O–H groups in total. The number of halogens is 3. The Morgan fingerprint density at radius 3 is 2.68 bits per heavy atom. The van der Waals surface area contributed by atoms with Gasteiger partial charge in [-0.25, -0.2) is 9.78 Å². The Hall–Kier alpha value is -2.97. The first-order valence-electron chi connectivity index (χ1n) is 8.99. The smallest absolute Gasteiger partial charge is 0.418 e. The number of methoxy groups -OCH3 is 1. The van der Waals surface area contributed by atoms with E-state index in [0.29, 0.717) is 11.0 Å². The molecular weight excluding hydrogens is 373 g/mol. The maximum Gasteiger partial charge on any atom is 0.418 e. The molecule has 1 aliphatic rings. The topological polar surface area (TPSA) is 71.9 Å². The maximum absolute atomic E-state index is 13.4. The third-order valence-electron chi connectivity index (χ3n) is 5.09. The summed E-state index contributed by atoms with van der Waals surface area (Å²) in [5.41, 5.74) is -0.00702. The van der Waals surface area contributed by atoms with Crippen LogP contribution in [-0.2, 0) is 6.18 Å². The number of H-pyrrole nitrogens is 1. The van der Waals surface area contributed by atoms with Gasteiger partial charge in [-0.3, -0.25) is 4.57 Å². The van der Waals surface area contributed by atoms with E-state index in [1.807, 2.05) is 0 Å². The van der Waals surface area contributed by atoms with E-state index in [1.54, 1.807) is 10.6 Å². The van der Waals surface area contributed by atoms with Gasteiger partial charge in [0.15, 0.2) is 0 Å². The molecule has 0 aliphatic heterocycles. The molecule has 1 aliphatic carbocycles. The number of pyridine rings is 1. The summed E-state index contributed by atoms with van der Waals surface area (Å²) in [6, 6.07) is 5.39. The molecule has 0 saturated heterocycles. The van der Waals surface area contributed by atoms with E-state index in [9.17, 15) is 18.0 Å². The second kappa shape index (κ2) is 6.88. The molecule has 148 valence electrons. The number of anilines is 2. The molecule has 1 aromatic carbocycles. The zero-order valence-electron chi connectivity index (χ0n) is 15.1. The molecule has 0 bridgehead atoms. The fraction of sp³-hybridized carbons (Fsp3) is 0.368. The van der Waals surface area contributed by atoms with Crippen LogP contribution in [0.4, 0.5) is 24.7 Å². The Kier molecular flexibility index (Phi) is 4.52. The van der Waals surface area contributed by atoms with Crippen molar-refractivity contribution in [1.29, 1.82) is 0 Å². The lowest BCUT2D eigenvalue weighted by Gasteiger charge is -2.16. The van der Waals surface area contributed by atoms with Crippen molar-refractivity contribution < 1.29 is 17.9 Å². The normalized spacial score (nSPS) is 15.3. The zero-order valence-corrected chi connectivity index (χ0v) is 15.1. The number of alkyl halides is 3. The predicted molar refractivity (Wildman–Crippen MR) is 99.1 cm³/mol. The third-order valence-corrected chi connectivity index (χ3v) is 5.09. The first kappa shape index (κ1) is 18.4. The minimum Gasteiger partial charge on any atom is -0.497 e. The van der Waals surface area contributed by atoms with E-state index in [4.69, 9.17) is 4.74 Å². The van der Waals surface area contributed by atoms with E-state index in [0.717, 1.165) is 31.7 Å². The number of hydrogen-bond donors (Lipinski definition) is 2. The van der Waals surface area contributed by atoms with Crippen LogP contribution >= 0.6 is 0 Å². The summed E-state index contributed by atoms with van der Waals surface area (Å²) in [4.78, 5) is 19.3. The highest BCUT2D eigenvalue weighted by atomic mass is 19.4. The van der Waals surface area contributed by atoms with Crippen molar-refractivity contribution in [3.63, 3.8) is 0 Å². The summed E-state index contributed by atoms with van der Waals surface area (Å²) in [6.45, 7) is 0. The molecule has 4 rings (SSSR count). The number of aromatic nitrogens is 3. The lowest BCUT2D eigenvalue weighted by molar-refractivity contribution is -0.137. The van der Waals surface area contributed by atoms with E-state index in [1.165, 1.54) is 25.4 Å². The first-order chi connectivity index (χ1) is 13.4. The average Bonchev–Trinajstić information content (AvgIpc) is 3.27. The quantitative estimate of drug-likeness (QED) is 0.680. The minimum atomic E-state index is -4.55. The Balaban J connectivity index is 1.75. The van der Waals surface area contributed by atoms with Gasteiger partial charge in [-0.1, -0.05) is 12.8 Å². The fourth-order valence-electron chi connectivity index (χ4n) is 3.75. The number of hydrogen-bond acceptors (Lipinski definition) is 4. The van der Waals surface area contributed by atoms with Crippen molar-refractivity contribution in [2.75, 3.05) is 12.4 Å². The van der Waals surface area contributed by atoms with Crippen molar-refractivity contribution in [3.8, 4) is 5.75 Å². The van der Waals surface area contributed by atoms with Crippen molar-refractivity contribution in [2.45, 2.75) is 37.9 Å². The summed E-state index contributed by atoms with van der Waals surface area (Å²) in [6.07, 6.45) is 0.840. The van der Waals surface area contributed by atoms with Crippen LogP contribution in [0.1, 0.15) is 37.3 Å². The number of aromatic amines is 1. The molecule has 1 fully saturated rings. The van der Waals surface area contributed by atoms with Gasteiger partial charge in [0.1, 0.15) is 11.6 Å².